The van der Waals surface area contributed by atoms with Gasteiger partial charge in [-0.05, 0) is 29.8 Å². The van der Waals surface area contributed by atoms with Gasteiger partial charge in [-0.15, -0.1) is 0 Å². The fourth-order valence-electron chi connectivity index (χ4n) is 3.55. The molecule has 9 heteroatoms. The van der Waals surface area contributed by atoms with Gasteiger partial charge in [0.1, 0.15) is 47.8 Å². The fraction of sp³-hybridized carbons (Fsp3) is 0.381. The Hall–Kier alpha value is -2.69. The highest BCUT2D eigenvalue weighted by Crippen LogP contribution is 2.38. The highest BCUT2D eigenvalue weighted by atomic mass is 16.7. The van der Waals surface area contributed by atoms with Gasteiger partial charge < -0.3 is 39.7 Å². The van der Waals surface area contributed by atoms with Gasteiger partial charge in [0.25, 0.3) is 0 Å². The molecule has 0 bridgehead atoms. The first-order chi connectivity index (χ1) is 14.4. The van der Waals surface area contributed by atoms with Gasteiger partial charge in [0.15, 0.2) is 5.78 Å². The number of phenols is 1. The van der Waals surface area contributed by atoms with E-state index in [9.17, 15) is 30.3 Å². The molecular weight excluding hydrogens is 396 g/mol. The van der Waals surface area contributed by atoms with E-state index in [4.69, 9.17) is 14.2 Å². The minimum atomic E-state index is -1.56. The number of fused-ring (bicyclic) bond motifs is 1. The monoisotopic (exact) mass is 418 g/mol. The van der Waals surface area contributed by atoms with E-state index in [1.165, 1.54) is 30.3 Å². The second-order valence-corrected chi connectivity index (χ2v) is 7.30. The zero-order valence-electron chi connectivity index (χ0n) is 15.8. The summed E-state index contributed by atoms with van der Waals surface area (Å²) in [5.74, 6) is 0.480. The molecule has 30 heavy (non-hydrogen) atoms. The summed E-state index contributed by atoms with van der Waals surface area (Å²) in [5.41, 5.74) is 1.11. The average molecular weight is 418 g/mol. The second kappa shape index (κ2) is 8.21. The number of aliphatic hydroxyl groups is 4. The number of ether oxygens (including phenoxy) is 3. The Morgan fingerprint density at radius 3 is 2.43 bits per heavy atom. The predicted molar refractivity (Wildman–Crippen MR) is 101 cm³/mol. The van der Waals surface area contributed by atoms with Gasteiger partial charge in [-0.25, -0.2) is 0 Å². The summed E-state index contributed by atoms with van der Waals surface area (Å²) in [5, 5.41) is 48.6. The summed E-state index contributed by atoms with van der Waals surface area (Å²) < 4.78 is 16.9. The van der Waals surface area contributed by atoms with E-state index in [0.717, 1.165) is 5.56 Å². The summed E-state index contributed by atoms with van der Waals surface area (Å²) in [7, 11) is 0. The van der Waals surface area contributed by atoms with E-state index in [-0.39, 0.29) is 29.5 Å². The van der Waals surface area contributed by atoms with Gasteiger partial charge in [-0.3, -0.25) is 4.79 Å². The van der Waals surface area contributed by atoms with Crippen LogP contribution in [0.25, 0.3) is 0 Å². The molecule has 0 radical (unpaired) electrons. The maximum atomic E-state index is 12.5. The van der Waals surface area contributed by atoms with E-state index in [1.54, 1.807) is 12.1 Å². The van der Waals surface area contributed by atoms with Gasteiger partial charge in [-0.1, -0.05) is 12.1 Å². The normalized spacial score (nSPS) is 31.0. The lowest BCUT2D eigenvalue weighted by atomic mass is 9.96. The lowest BCUT2D eigenvalue weighted by Gasteiger charge is -2.39. The van der Waals surface area contributed by atoms with Crippen molar-refractivity contribution in [3.63, 3.8) is 0 Å². The van der Waals surface area contributed by atoms with Crippen molar-refractivity contribution >= 4 is 5.78 Å². The molecule has 1 fully saturated rings. The molecule has 160 valence electrons. The number of aliphatic hydroxyl groups excluding tert-OH is 4. The van der Waals surface area contributed by atoms with Crippen molar-refractivity contribution in [2.24, 2.45) is 0 Å². The summed E-state index contributed by atoms with van der Waals surface area (Å²) in [6.07, 6.45) is -7.42. The van der Waals surface area contributed by atoms with Crippen LogP contribution in [0.5, 0.6) is 17.2 Å². The van der Waals surface area contributed by atoms with E-state index in [2.05, 4.69) is 0 Å². The number of phenolic OH excluding ortho intramolecular Hbond substituents is 1. The average Bonchev–Trinajstić information content (AvgIpc) is 2.74. The number of carbonyl (C=O) groups is 1. The molecule has 2 aromatic rings. The molecule has 2 aromatic carbocycles. The van der Waals surface area contributed by atoms with Crippen molar-refractivity contribution in [1.82, 2.24) is 0 Å². The van der Waals surface area contributed by atoms with Gasteiger partial charge >= 0.3 is 0 Å². The molecule has 4 rings (SSSR count). The molecule has 0 unspecified atom stereocenters. The molecule has 0 saturated carbocycles. The summed E-state index contributed by atoms with van der Waals surface area (Å²) in [4.78, 5) is 12.5. The summed E-state index contributed by atoms with van der Waals surface area (Å²) in [6.45, 7) is -0.569. The molecular formula is C21H22O9. The first-order valence-corrected chi connectivity index (χ1v) is 9.47. The minimum absolute atomic E-state index is 0.108. The maximum absolute atomic E-state index is 12.5. The van der Waals surface area contributed by atoms with Crippen LogP contribution < -0.4 is 9.47 Å². The van der Waals surface area contributed by atoms with Crippen LogP contribution in [0.2, 0.25) is 0 Å². The smallest absolute Gasteiger partial charge is 0.229 e. The molecule has 2 aliphatic heterocycles. The van der Waals surface area contributed by atoms with Crippen LogP contribution in [-0.2, 0) is 4.74 Å². The molecule has 0 spiro atoms. The number of ketones is 1. The Balaban J connectivity index is 1.54. The standard InChI is InChI=1S/C21H22O9/c22-9-17-18(25)19(26)20(27)21(30-17)28-12-5-6-13-14(24)8-15(29-16(13)7-12)10-1-3-11(23)4-2-10/h1-7,15,17-23,25-27H,8-9H2/t15-,17+,18+,19-,20+,21+/m1/s1. The molecule has 0 aromatic heterocycles. The first-order valence-electron chi connectivity index (χ1n) is 9.47. The van der Waals surface area contributed by atoms with Crippen molar-refractivity contribution in [2.75, 3.05) is 6.61 Å². The molecule has 0 amide bonds. The predicted octanol–water partition coefficient (Wildman–Crippen LogP) is 0.277. The van der Waals surface area contributed by atoms with Crippen LogP contribution in [0.15, 0.2) is 42.5 Å². The summed E-state index contributed by atoms with van der Waals surface area (Å²) >= 11 is 0. The Morgan fingerprint density at radius 1 is 1.00 bits per heavy atom. The van der Waals surface area contributed by atoms with Crippen LogP contribution in [0, 0.1) is 0 Å². The SMILES string of the molecule is O=C1C[C@H](c2ccc(O)cc2)Oc2cc(O[C@H]3O[C@@H](CO)[C@H](O)[C@@H](O)[C@@H]3O)ccc21. The zero-order valence-corrected chi connectivity index (χ0v) is 15.8. The van der Waals surface area contributed by atoms with Crippen LogP contribution in [0.3, 0.4) is 0 Å². The van der Waals surface area contributed by atoms with Crippen molar-refractivity contribution in [1.29, 1.82) is 0 Å². The topological polar surface area (TPSA) is 146 Å². The highest BCUT2D eigenvalue weighted by Gasteiger charge is 2.44. The molecule has 0 aliphatic carbocycles. The molecule has 2 heterocycles. The third-order valence-electron chi connectivity index (χ3n) is 5.26. The third kappa shape index (κ3) is 3.85. The number of aromatic hydroxyl groups is 1. The van der Waals surface area contributed by atoms with Crippen LogP contribution >= 0.6 is 0 Å². The van der Waals surface area contributed by atoms with E-state index >= 15 is 0 Å². The summed E-state index contributed by atoms with van der Waals surface area (Å²) in [6, 6.07) is 10.9. The number of rotatable bonds is 4. The number of hydrogen-bond donors (Lipinski definition) is 5. The minimum Gasteiger partial charge on any atom is -0.508 e. The van der Waals surface area contributed by atoms with E-state index in [0.29, 0.717) is 5.56 Å². The van der Waals surface area contributed by atoms with Gasteiger partial charge in [0, 0.05) is 6.07 Å². The molecule has 2 aliphatic rings. The van der Waals surface area contributed by atoms with Crippen molar-refractivity contribution in [3.05, 3.63) is 53.6 Å². The zero-order chi connectivity index (χ0) is 21.4. The maximum Gasteiger partial charge on any atom is 0.229 e. The number of hydrogen-bond acceptors (Lipinski definition) is 9. The second-order valence-electron chi connectivity index (χ2n) is 7.30. The lowest BCUT2D eigenvalue weighted by Crippen LogP contribution is -2.60. The Morgan fingerprint density at radius 2 is 1.73 bits per heavy atom. The van der Waals surface area contributed by atoms with Crippen molar-refractivity contribution in [3.8, 4) is 17.2 Å². The van der Waals surface area contributed by atoms with Crippen LogP contribution in [-0.4, -0.2) is 68.6 Å². The van der Waals surface area contributed by atoms with Crippen LogP contribution in [0.1, 0.15) is 28.4 Å². The molecule has 6 atom stereocenters. The van der Waals surface area contributed by atoms with Crippen molar-refractivity contribution < 1.29 is 44.5 Å². The Kier molecular flexibility index (Phi) is 5.63. The molecule has 9 nitrogen and oxygen atoms in total. The van der Waals surface area contributed by atoms with Gasteiger partial charge in [0.05, 0.1) is 18.6 Å². The third-order valence-corrected chi connectivity index (χ3v) is 5.26. The number of Topliss-reactive ketones (excluding diaryl/α,β-unsaturated/α-hetero) is 1. The van der Waals surface area contributed by atoms with Gasteiger partial charge in [0.2, 0.25) is 6.29 Å². The van der Waals surface area contributed by atoms with E-state index < -0.39 is 43.4 Å². The van der Waals surface area contributed by atoms with Crippen molar-refractivity contribution in [2.45, 2.75) is 43.2 Å². The van der Waals surface area contributed by atoms with E-state index in [1.807, 2.05) is 0 Å². The Labute approximate surface area is 171 Å². The quantitative estimate of drug-likeness (QED) is 0.472. The van der Waals surface area contributed by atoms with Gasteiger partial charge in [-0.2, -0.15) is 0 Å². The Bertz CT molecular complexity index is 911. The lowest BCUT2D eigenvalue weighted by molar-refractivity contribution is -0.277. The van der Waals surface area contributed by atoms with Crippen LogP contribution in [0.4, 0.5) is 0 Å². The molecule has 1 saturated heterocycles. The largest absolute Gasteiger partial charge is 0.508 e. The fourth-order valence-corrected chi connectivity index (χ4v) is 3.55. The highest BCUT2D eigenvalue weighted by molar-refractivity contribution is 6.00. The number of carbonyl (C=O) groups excluding carboxylic acids is 1. The first kappa shape index (κ1) is 20.6. The molecule has 5 N–H and O–H groups in total. The number of benzene rings is 2.